The van der Waals surface area contributed by atoms with Crippen LogP contribution < -0.4 is 10.1 Å². The second-order valence-corrected chi connectivity index (χ2v) is 4.37. The Hall–Kier alpha value is -1.13. The molecule has 2 heterocycles. The highest BCUT2D eigenvalue weighted by Crippen LogP contribution is 2.17. The van der Waals surface area contributed by atoms with Crippen molar-refractivity contribution >= 4 is 0 Å². The minimum atomic E-state index is 0.207. The molecule has 0 bridgehead atoms. The lowest BCUT2D eigenvalue weighted by molar-refractivity contribution is -0.0798. The Balaban J connectivity index is 1.87. The first kappa shape index (κ1) is 12.3. The zero-order chi connectivity index (χ0) is 12.1. The summed E-state index contributed by atoms with van der Waals surface area (Å²) in [5.41, 5.74) is 1.05. The van der Waals surface area contributed by atoms with Crippen molar-refractivity contribution in [3.05, 3.63) is 24.0 Å². The van der Waals surface area contributed by atoms with E-state index in [1.165, 1.54) is 0 Å². The average Bonchev–Trinajstić information content (AvgIpc) is 2.31. The molecule has 1 aromatic rings. The number of nitrogens with zero attached hydrogens (tertiary/aromatic N) is 1. The van der Waals surface area contributed by atoms with Crippen LogP contribution in [0.3, 0.4) is 0 Å². The first-order valence-corrected chi connectivity index (χ1v) is 6.23. The van der Waals surface area contributed by atoms with Crippen LogP contribution >= 0.6 is 0 Å². The topological polar surface area (TPSA) is 43.4 Å². The fourth-order valence-corrected chi connectivity index (χ4v) is 1.66. The maximum Gasteiger partial charge on any atom is 0.145 e. The number of aromatic nitrogens is 1. The molecule has 1 unspecified atom stereocenters. The molecule has 1 saturated heterocycles. The van der Waals surface area contributed by atoms with Crippen molar-refractivity contribution in [1.29, 1.82) is 0 Å². The van der Waals surface area contributed by atoms with Crippen molar-refractivity contribution < 1.29 is 9.47 Å². The van der Waals surface area contributed by atoms with Gasteiger partial charge < -0.3 is 14.8 Å². The second kappa shape index (κ2) is 5.98. The zero-order valence-corrected chi connectivity index (χ0v) is 10.5. The van der Waals surface area contributed by atoms with E-state index in [0.717, 1.165) is 24.4 Å². The van der Waals surface area contributed by atoms with Gasteiger partial charge in [0.1, 0.15) is 11.9 Å². The van der Waals surface area contributed by atoms with Gasteiger partial charge >= 0.3 is 0 Å². The van der Waals surface area contributed by atoms with Crippen LogP contribution in [0.1, 0.15) is 32.0 Å². The predicted octanol–water partition coefficient (Wildman–Crippen LogP) is 1.92. The molecule has 17 heavy (non-hydrogen) atoms. The highest BCUT2D eigenvalue weighted by molar-refractivity contribution is 5.21. The second-order valence-electron chi connectivity index (χ2n) is 4.37. The molecule has 4 nitrogen and oxygen atoms in total. The number of pyridine rings is 1. The Morgan fingerprint density at radius 2 is 2.35 bits per heavy atom. The molecule has 1 aliphatic rings. The van der Waals surface area contributed by atoms with Gasteiger partial charge in [-0.3, -0.25) is 4.98 Å². The fourth-order valence-electron chi connectivity index (χ4n) is 1.66. The van der Waals surface area contributed by atoms with Crippen molar-refractivity contribution in [3.63, 3.8) is 0 Å². The van der Waals surface area contributed by atoms with E-state index < -0.39 is 0 Å². The van der Waals surface area contributed by atoms with Gasteiger partial charge in [0.05, 0.1) is 25.1 Å². The van der Waals surface area contributed by atoms with Crippen molar-refractivity contribution in [2.75, 3.05) is 19.8 Å². The van der Waals surface area contributed by atoms with Crippen LogP contribution in [0.15, 0.2) is 18.3 Å². The molecule has 4 heteroatoms. The summed E-state index contributed by atoms with van der Waals surface area (Å²) in [5.74, 6) is 0.824. The van der Waals surface area contributed by atoms with Gasteiger partial charge in [0.25, 0.3) is 0 Å². The standard InChI is InChI=1S/C13H20N2O2/c1-3-6-14-10(2)13-5-4-11(7-15-13)17-12-8-16-9-12/h4-5,7,10,12,14H,3,6,8-9H2,1-2H3. The van der Waals surface area contributed by atoms with Gasteiger partial charge in [-0.15, -0.1) is 0 Å². The minimum Gasteiger partial charge on any atom is -0.484 e. The van der Waals surface area contributed by atoms with E-state index in [9.17, 15) is 0 Å². The quantitative estimate of drug-likeness (QED) is 0.819. The number of rotatable bonds is 6. The number of nitrogens with one attached hydrogen (secondary N) is 1. The van der Waals surface area contributed by atoms with Gasteiger partial charge in [0.2, 0.25) is 0 Å². The lowest BCUT2D eigenvalue weighted by Crippen LogP contribution is -2.38. The molecule has 0 saturated carbocycles. The zero-order valence-electron chi connectivity index (χ0n) is 10.5. The Morgan fingerprint density at radius 3 is 2.88 bits per heavy atom. The lowest BCUT2D eigenvalue weighted by Gasteiger charge is -2.26. The Bertz CT molecular complexity index is 336. The Kier molecular flexibility index (Phi) is 4.34. The summed E-state index contributed by atoms with van der Waals surface area (Å²) < 4.78 is 10.7. The van der Waals surface area contributed by atoms with Gasteiger partial charge in [-0.1, -0.05) is 6.92 Å². The van der Waals surface area contributed by atoms with Crippen LogP contribution in [-0.4, -0.2) is 30.8 Å². The maximum absolute atomic E-state index is 5.66. The third-order valence-electron chi connectivity index (χ3n) is 2.81. The molecule has 0 aromatic carbocycles. The van der Waals surface area contributed by atoms with E-state index in [2.05, 4.69) is 24.1 Å². The number of hydrogen-bond acceptors (Lipinski definition) is 4. The molecule has 1 aromatic heterocycles. The summed E-state index contributed by atoms with van der Waals surface area (Å²) >= 11 is 0. The fraction of sp³-hybridized carbons (Fsp3) is 0.615. The average molecular weight is 236 g/mol. The molecular weight excluding hydrogens is 216 g/mol. The molecule has 0 spiro atoms. The van der Waals surface area contributed by atoms with Gasteiger partial charge in [-0.25, -0.2) is 0 Å². The van der Waals surface area contributed by atoms with Crippen molar-refractivity contribution in [1.82, 2.24) is 10.3 Å². The number of ether oxygens (including phenoxy) is 2. The normalized spacial score (nSPS) is 17.5. The van der Waals surface area contributed by atoms with E-state index in [4.69, 9.17) is 9.47 Å². The third kappa shape index (κ3) is 3.41. The van der Waals surface area contributed by atoms with Crippen LogP contribution in [0.5, 0.6) is 5.75 Å². The van der Waals surface area contributed by atoms with Gasteiger partial charge in [0.15, 0.2) is 0 Å². The Labute approximate surface area is 102 Å². The monoisotopic (exact) mass is 236 g/mol. The first-order valence-electron chi connectivity index (χ1n) is 6.23. The molecule has 1 N–H and O–H groups in total. The summed E-state index contributed by atoms with van der Waals surface area (Å²) in [4.78, 5) is 4.41. The van der Waals surface area contributed by atoms with Crippen LogP contribution in [0.4, 0.5) is 0 Å². The summed E-state index contributed by atoms with van der Waals surface area (Å²) in [7, 11) is 0. The number of hydrogen-bond donors (Lipinski definition) is 1. The van der Waals surface area contributed by atoms with Crippen LogP contribution in [0.2, 0.25) is 0 Å². The smallest absolute Gasteiger partial charge is 0.145 e. The van der Waals surface area contributed by atoms with Crippen molar-refractivity contribution in [2.24, 2.45) is 0 Å². The van der Waals surface area contributed by atoms with Crippen LogP contribution in [-0.2, 0) is 4.74 Å². The van der Waals surface area contributed by atoms with Gasteiger partial charge in [-0.05, 0) is 32.0 Å². The summed E-state index contributed by atoms with van der Waals surface area (Å²) in [6.45, 7) is 6.68. The third-order valence-corrected chi connectivity index (χ3v) is 2.81. The van der Waals surface area contributed by atoms with Gasteiger partial charge in [0, 0.05) is 6.04 Å². The van der Waals surface area contributed by atoms with Crippen molar-refractivity contribution in [3.8, 4) is 5.75 Å². The van der Waals surface area contributed by atoms with E-state index in [1.54, 1.807) is 6.20 Å². The van der Waals surface area contributed by atoms with E-state index in [1.807, 2.05) is 12.1 Å². The molecular formula is C13H20N2O2. The molecule has 0 amide bonds. The highest BCUT2D eigenvalue weighted by atomic mass is 16.6. The molecule has 1 fully saturated rings. The van der Waals surface area contributed by atoms with Crippen LogP contribution in [0.25, 0.3) is 0 Å². The molecule has 1 atom stereocenters. The van der Waals surface area contributed by atoms with Crippen molar-refractivity contribution in [2.45, 2.75) is 32.4 Å². The SMILES string of the molecule is CCCNC(C)c1ccc(OC2COC2)cn1. The van der Waals surface area contributed by atoms with Gasteiger partial charge in [-0.2, -0.15) is 0 Å². The molecule has 94 valence electrons. The molecule has 1 aliphatic heterocycles. The predicted molar refractivity (Wildman–Crippen MR) is 66.2 cm³/mol. The lowest BCUT2D eigenvalue weighted by atomic mass is 10.2. The summed E-state index contributed by atoms with van der Waals surface area (Å²) in [5, 5.41) is 3.41. The molecule has 0 radical (unpaired) electrons. The maximum atomic E-state index is 5.66. The van der Waals surface area contributed by atoms with E-state index >= 15 is 0 Å². The first-order chi connectivity index (χ1) is 8.29. The molecule has 0 aliphatic carbocycles. The highest BCUT2D eigenvalue weighted by Gasteiger charge is 2.20. The van der Waals surface area contributed by atoms with E-state index in [-0.39, 0.29) is 12.1 Å². The summed E-state index contributed by atoms with van der Waals surface area (Å²) in [6, 6.07) is 4.28. The Morgan fingerprint density at radius 1 is 1.53 bits per heavy atom. The summed E-state index contributed by atoms with van der Waals surface area (Å²) in [6.07, 6.45) is 3.13. The minimum absolute atomic E-state index is 0.207. The van der Waals surface area contributed by atoms with Crippen LogP contribution in [0, 0.1) is 0 Å². The van der Waals surface area contributed by atoms with E-state index in [0.29, 0.717) is 13.2 Å². The molecule has 2 rings (SSSR count). The largest absolute Gasteiger partial charge is 0.484 e.